The number of carbonyl (C=O) groups is 2. The van der Waals surface area contributed by atoms with E-state index in [-0.39, 0.29) is 36.2 Å². The van der Waals surface area contributed by atoms with Crippen LogP contribution in [-0.4, -0.2) is 35.9 Å². The van der Waals surface area contributed by atoms with Crippen LogP contribution in [0.1, 0.15) is 40.0 Å². The molecule has 0 saturated carbocycles. The average molecular weight is 306 g/mol. The Hall–Kier alpha value is -1.62. The number of esters is 2. The second kappa shape index (κ2) is 5.23. The SMILES string of the molecule is C=C1C(=O)O[C@@H]2/C=C(\C)CC[C@H]3O[C@]3(C)[C@@H](OC(C)=O)C[C@@H]12. The molecule has 0 spiro atoms. The predicted molar refractivity (Wildman–Crippen MR) is 79.0 cm³/mol. The van der Waals surface area contributed by atoms with E-state index in [4.69, 9.17) is 14.2 Å². The molecule has 3 rings (SSSR count). The number of ether oxygens (including phenoxy) is 3. The predicted octanol–water partition coefficient (Wildman–Crippen LogP) is 2.30. The van der Waals surface area contributed by atoms with Gasteiger partial charge in [-0.25, -0.2) is 4.79 Å². The highest BCUT2D eigenvalue weighted by Crippen LogP contribution is 2.48. The van der Waals surface area contributed by atoms with Crippen molar-refractivity contribution in [2.75, 3.05) is 0 Å². The molecule has 0 bridgehead atoms. The minimum absolute atomic E-state index is 0.0861. The molecule has 3 aliphatic rings. The molecule has 0 amide bonds. The lowest BCUT2D eigenvalue weighted by Gasteiger charge is -2.26. The van der Waals surface area contributed by atoms with E-state index in [9.17, 15) is 9.59 Å². The number of fused-ring (bicyclic) bond motifs is 2. The van der Waals surface area contributed by atoms with Crippen LogP contribution in [0.3, 0.4) is 0 Å². The minimum atomic E-state index is -0.472. The summed E-state index contributed by atoms with van der Waals surface area (Å²) < 4.78 is 16.8. The molecule has 2 saturated heterocycles. The Kier molecular flexibility index (Phi) is 3.63. The van der Waals surface area contributed by atoms with Gasteiger partial charge in [0.15, 0.2) is 0 Å². The fraction of sp³-hybridized carbons (Fsp3) is 0.647. The lowest BCUT2D eigenvalue weighted by atomic mass is 9.83. The van der Waals surface area contributed by atoms with E-state index >= 15 is 0 Å². The van der Waals surface area contributed by atoms with Gasteiger partial charge in [-0.05, 0) is 39.2 Å². The molecule has 22 heavy (non-hydrogen) atoms. The summed E-state index contributed by atoms with van der Waals surface area (Å²) in [5.41, 5.74) is 1.16. The first kappa shape index (κ1) is 15.3. The smallest absolute Gasteiger partial charge is 0.334 e. The van der Waals surface area contributed by atoms with E-state index in [1.807, 2.05) is 19.9 Å². The zero-order chi connectivity index (χ0) is 16.1. The molecule has 5 heteroatoms. The minimum Gasteiger partial charge on any atom is -0.459 e. The second-order valence-electron chi connectivity index (χ2n) is 6.68. The average Bonchev–Trinajstić information content (AvgIpc) is 3.03. The summed E-state index contributed by atoms with van der Waals surface area (Å²) in [6.45, 7) is 9.27. The van der Waals surface area contributed by atoms with Crippen LogP contribution in [-0.2, 0) is 23.8 Å². The maximum atomic E-state index is 11.9. The molecule has 2 heterocycles. The fourth-order valence-corrected chi connectivity index (χ4v) is 3.51. The van der Waals surface area contributed by atoms with Crippen LogP contribution in [0.4, 0.5) is 0 Å². The van der Waals surface area contributed by atoms with Gasteiger partial charge in [-0.15, -0.1) is 0 Å². The Morgan fingerprint density at radius 2 is 2.23 bits per heavy atom. The Morgan fingerprint density at radius 1 is 1.50 bits per heavy atom. The van der Waals surface area contributed by atoms with Gasteiger partial charge in [0.05, 0.1) is 6.10 Å². The van der Waals surface area contributed by atoms with E-state index in [1.165, 1.54) is 12.5 Å². The van der Waals surface area contributed by atoms with E-state index in [1.54, 1.807) is 0 Å². The number of epoxide rings is 1. The van der Waals surface area contributed by atoms with Gasteiger partial charge in [-0.1, -0.05) is 12.2 Å². The highest BCUT2D eigenvalue weighted by atomic mass is 16.6. The molecule has 0 radical (unpaired) electrons. The van der Waals surface area contributed by atoms with Crippen molar-refractivity contribution in [1.82, 2.24) is 0 Å². The molecule has 2 fully saturated rings. The van der Waals surface area contributed by atoms with E-state index in [2.05, 4.69) is 6.58 Å². The second-order valence-corrected chi connectivity index (χ2v) is 6.68. The summed E-state index contributed by atoms with van der Waals surface area (Å²) in [6.07, 6.45) is 3.62. The molecular formula is C17H22O5. The summed E-state index contributed by atoms with van der Waals surface area (Å²) in [7, 11) is 0. The summed E-state index contributed by atoms with van der Waals surface area (Å²) in [5, 5.41) is 0. The van der Waals surface area contributed by atoms with E-state index in [0.29, 0.717) is 12.0 Å². The Morgan fingerprint density at radius 3 is 2.91 bits per heavy atom. The lowest BCUT2D eigenvalue weighted by molar-refractivity contribution is -0.151. The van der Waals surface area contributed by atoms with Gasteiger partial charge in [0.2, 0.25) is 0 Å². The quantitative estimate of drug-likeness (QED) is 0.322. The third kappa shape index (κ3) is 2.58. The van der Waals surface area contributed by atoms with Gasteiger partial charge in [0.25, 0.3) is 0 Å². The molecule has 120 valence electrons. The van der Waals surface area contributed by atoms with Crippen LogP contribution in [0.25, 0.3) is 0 Å². The van der Waals surface area contributed by atoms with Crippen molar-refractivity contribution in [3.05, 3.63) is 23.8 Å². The van der Waals surface area contributed by atoms with E-state index in [0.717, 1.165) is 12.8 Å². The van der Waals surface area contributed by atoms with Crippen molar-refractivity contribution in [1.29, 1.82) is 0 Å². The summed E-state index contributed by atoms with van der Waals surface area (Å²) >= 11 is 0. The van der Waals surface area contributed by atoms with Crippen molar-refractivity contribution in [2.45, 2.75) is 63.9 Å². The Bertz CT molecular complexity index is 563. The molecule has 0 unspecified atom stereocenters. The largest absolute Gasteiger partial charge is 0.459 e. The summed E-state index contributed by atoms with van der Waals surface area (Å²) in [4.78, 5) is 23.3. The van der Waals surface area contributed by atoms with Crippen molar-refractivity contribution < 1.29 is 23.8 Å². The fourth-order valence-electron chi connectivity index (χ4n) is 3.51. The molecule has 5 nitrogen and oxygen atoms in total. The van der Waals surface area contributed by atoms with Crippen LogP contribution < -0.4 is 0 Å². The zero-order valence-electron chi connectivity index (χ0n) is 13.3. The van der Waals surface area contributed by atoms with Crippen molar-refractivity contribution in [3.63, 3.8) is 0 Å². The molecule has 2 aliphatic heterocycles. The standard InChI is InChI=1S/C17H22O5/c1-9-5-6-14-17(4,22-14)15(20-11(3)18)8-12-10(2)16(19)21-13(12)7-9/h7,12-15H,2,5-6,8H2,1,3-4H3/b9-7+/t12-,13+,14+,15-,17-/m0/s1. The number of carbonyl (C=O) groups excluding carboxylic acids is 2. The van der Waals surface area contributed by atoms with Crippen LogP contribution in [0, 0.1) is 5.92 Å². The first-order valence-electron chi connectivity index (χ1n) is 7.73. The van der Waals surface area contributed by atoms with Crippen molar-refractivity contribution in [3.8, 4) is 0 Å². The number of allylic oxidation sites excluding steroid dienone is 1. The molecule has 0 aromatic heterocycles. The highest BCUT2D eigenvalue weighted by molar-refractivity contribution is 5.91. The molecular weight excluding hydrogens is 284 g/mol. The topological polar surface area (TPSA) is 65.1 Å². The number of hydrogen-bond donors (Lipinski definition) is 0. The van der Waals surface area contributed by atoms with Gasteiger partial charge >= 0.3 is 11.9 Å². The monoisotopic (exact) mass is 306 g/mol. The maximum Gasteiger partial charge on any atom is 0.334 e. The molecule has 1 aliphatic carbocycles. The normalized spacial score (nSPS) is 43.3. The van der Waals surface area contributed by atoms with Crippen molar-refractivity contribution in [2.24, 2.45) is 5.92 Å². The van der Waals surface area contributed by atoms with Gasteiger partial charge in [0.1, 0.15) is 17.8 Å². The first-order valence-corrected chi connectivity index (χ1v) is 7.73. The lowest BCUT2D eigenvalue weighted by Crippen LogP contribution is -2.37. The van der Waals surface area contributed by atoms with Gasteiger partial charge in [0, 0.05) is 18.4 Å². The molecule has 0 aromatic carbocycles. The van der Waals surface area contributed by atoms with Crippen LogP contribution in [0.2, 0.25) is 0 Å². The van der Waals surface area contributed by atoms with Crippen molar-refractivity contribution >= 4 is 11.9 Å². The molecule has 5 atom stereocenters. The van der Waals surface area contributed by atoms with Crippen LogP contribution in [0.5, 0.6) is 0 Å². The third-order valence-electron chi connectivity index (χ3n) is 4.99. The summed E-state index contributed by atoms with van der Waals surface area (Å²) in [6, 6.07) is 0. The number of hydrogen-bond acceptors (Lipinski definition) is 5. The third-order valence-corrected chi connectivity index (χ3v) is 4.99. The Balaban J connectivity index is 1.92. The van der Waals surface area contributed by atoms with Gasteiger partial charge < -0.3 is 14.2 Å². The van der Waals surface area contributed by atoms with Crippen LogP contribution in [0.15, 0.2) is 23.8 Å². The van der Waals surface area contributed by atoms with E-state index < -0.39 is 5.60 Å². The number of rotatable bonds is 1. The first-order chi connectivity index (χ1) is 10.3. The molecule has 0 N–H and O–H groups in total. The molecule has 0 aromatic rings. The van der Waals surface area contributed by atoms with Gasteiger partial charge in [-0.2, -0.15) is 0 Å². The zero-order valence-corrected chi connectivity index (χ0v) is 13.3. The van der Waals surface area contributed by atoms with Gasteiger partial charge in [-0.3, -0.25) is 4.79 Å². The Labute approximate surface area is 130 Å². The highest BCUT2D eigenvalue weighted by Gasteiger charge is 2.60. The summed E-state index contributed by atoms with van der Waals surface area (Å²) in [5.74, 6) is -0.874. The van der Waals surface area contributed by atoms with Crippen LogP contribution >= 0.6 is 0 Å². The maximum absolute atomic E-state index is 11.9.